The quantitative estimate of drug-likeness (QED) is 0.735. The largest absolute Gasteiger partial charge is 0.474 e. The molecular weight excluding hydrogens is 359 g/mol. The highest BCUT2D eigenvalue weighted by atomic mass is 19.1. The van der Waals surface area contributed by atoms with E-state index in [1.54, 1.807) is 24.4 Å². The third kappa shape index (κ3) is 3.81. The van der Waals surface area contributed by atoms with Crippen LogP contribution in [0.1, 0.15) is 16.7 Å². The van der Waals surface area contributed by atoms with Crippen LogP contribution in [0.15, 0.2) is 66.9 Å². The Morgan fingerprint density at radius 1 is 1.11 bits per heavy atom. The molecule has 1 aliphatic rings. The summed E-state index contributed by atoms with van der Waals surface area (Å²) in [7, 11) is 0. The number of hydrogen-bond donors (Lipinski definition) is 1. The van der Waals surface area contributed by atoms with E-state index in [1.165, 1.54) is 17.0 Å². The summed E-state index contributed by atoms with van der Waals surface area (Å²) in [6, 6.07) is 17.4. The first-order valence-electron chi connectivity index (χ1n) is 9.02. The van der Waals surface area contributed by atoms with Crippen LogP contribution in [-0.4, -0.2) is 28.8 Å². The number of fused-ring (bicyclic) bond motifs is 1. The van der Waals surface area contributed by atoms with Gasteiger partial charge in [-0.15, -0.1) is 0 Å². The highest BCUT2D eigenvalue weighted by molar-refractivity contribution is 5.89. The van der Waals surface area contributed by atoms with Crippen LogP contribution in [0.4, 0.5) is 14.9 Å². The van der Waals surface area contributed by atoms with E-state index in [4.69, 9.17) is 4.74 Å². The third-order valence-electron chi connectivity index (χ3n) is 4.77. The number of benzene rings is 2. The van der Waals surface area contributed by atoms with Crippen LogP contribution >= 0.6 is 0 Å². The predicted octanol–water partition coefficient (Wildman–Crippen LogP) is 4.30. The number of halogens is 1. The molecule has 0 saturated carbocycles. The molecule has 28 heavy (non-hydrogen) atoms. The lowest BCUT2D eigenvalue weighted by Crippen LogP contribution is -2.47. The minimum absolute atomic E-state index is 0.249. The van der Waals surface area contributed by atoms with E-state index in [-0.39, 0.29) is 18.5 Å². The van der Waals surface area contributed by atoms with Crippen LogP contribution < -0.4 is 9.64 Å². The summed E-state index contributed by atoms with van der Waals surface area (Å²) < 4.78 is 18.9. The van der Waals surface area contributed by atoms with Crippen molar-refractivity contribution in [1.82, 2.24) is 4.98 Å². The van der Waals surface area contributed by atoms with Crippen molar-refractivity contribution in [3.63, 3.8) is 0 Å². The highest BCUT2D eigenvalue weighted by Crippen LogP contribution is 2.34. The average molecular weight is 378 g/mol. The van der Waals surface area contributed by atoms with E-state index >= 15 is 0 Å². The van der Waals surface area contributed by atoms with Crippen molar-refractivity contribution in [2.24, 2.45) is 0 Å². The molecule has 1 N–H and O–H groups in total. The molecule has 0 aliphatic carbocycles. The molecule has 0 saturated heterocycles. The number of hydrogen-bond acceptors (Lipinski definition) is 3. The maximum absolute atomic E-state index is 13.1. The van der Waals surface area contributed by atoms with Crippen LogP contribution in [-0.2, 0) is 12.8 Å². The molecule has 0 radical (unpaired) electrons. The lowest BCUT2D eigenvalue weighted by Gasteiger charge is -2.34. The Morgan fingerprint density at radius 3 is 2.57 bits per heavy atom. The average Bonchev–Trinajstić information content (AvgIpc) is 2.70. The van der Waals surface area contributed by atoms with Crippen molar-refractivity contribution >= 4 is 11.8 Å². The summed E-state index contributed by atoms with van der Waals surface area (Å²) in [6.45, 7) is 0.249. The number of nitrogens with zero attached hydrogens (tertiary/aromatic N) is 2. The minimum atomic E-state index is -1.04. The number of amides is 1. The second-order valence-corrected chi connectivity index (χ2v) is 6.78. The van der Waals surface area contributed by atoms with E-state index in [0.29, 0.717) is 24.4 Å². The van der Waals surface area contributed by atoms with Crippen LogP contribution in [0, 0.1) is 5.82 Å². The zero-order valence-corrected chi connectivity index (χ0v) is 15.1. The molecular formula is C22H19FN2O3. The molecule has 6 heteroatoms. The van der Waals surface area contributed by atoms with Crippen LogP contribution in [0.3, 0.4) is 0 Å². The maximum atomic E-state index is 13.1. The summed E-state index contributed by atoms with van der Waals surface area (Å²) in [4.78, 5) is 17.7. The highest BCUT2D eigenvalue weighted by Gasteiger charge is 2.33. The Hall–Kier alpha value is -3.41. The van der Waals surface area contributed by atoms with Gasteiger partial charge in [-0.25, -0.2) is 14.2 Å². The van der Waals surface area contributed by atoms with E-state index in [0.717, 1.165) is 16.7 Å². The third-order valence-corrected chi connectivity index (χ3v) is 4.77. The second kappa shape index (κ2) is 7.68. The van der Waals surface area contributed by atoms with Gasteiger partial charge in [-0.05, 0) is 47.7 Å². The molecule has 0 spiro atoms. The van der Waals surface area contributed by atoms with Gasteiger partial charge in [0, 0.05) is 6.20 Å². The number of ether oxygens (including phenoxy) is 1. The van der Waals surface area contributed by atoms with Crippen LogP contribution in [0.5, 0.6) is 5.88 Å². The van der Waals surface area contributed by atoms with Gasteiger partial charge in [0.05, 0.1) is 6.04 Å². The molecule has 5 nitrogen and oxygen atoms in total. The topological polar surface area (TPSA) is 62.7 Å². The maximum Gasteiger partial charge on any atom is 0.412 e. The number of anilines is 1. The fourth-order valence-electron chi connectivity index (χ4n) is 3.44. The van der Waals surface area contributed by atoms with Gasteiger partial charge in [-0.3, -0.25) is 4.90 Å². The number of pyridine rings is 1. The molecule has 3 aromatic rings. The van der Waals surface area contributed by atoms with Gasteiger partial charge in [0.1, 0.15) is 18.1 Å². The van der Waals surface area contributed by atoms with Crippen molar-refractivity contribution in [3.8, 4) is 5.88 Å². The Morgan fingerprint density at radius 2 is 1.86 bits per heavy atom. The molecule has 2 heterocycles. The fraction of sp³-hybridized carbons (Fsp3) is 0.182. The van der Waals surface area contributed by atoms with Crippen molar-refractivity contribution in [2.45, 2.75) is 18.9 Å². The second-order valence-electron chi connectivity index (χ2n) is 6.78. The Kier molecular flexibility index (Phi) is 4.93. The number of aromatic nitrogens is 1. The molecule has 142 valence electrons. The molecule has 4 rings (SSSR count). The summed E-state index contributed by atoms with van der Waals surface area (Å²) in [6.07, 6.45) is 1.71. The lowest BCUT2D eigenvalue weighted by molar-refractivity contribution is 0.186. The standard InChI is InChI=1S/C22H19FN2O3/c23-18-8-6-16(7-9-18)10-17-12-20-21(24-13-17)28-14-19(25(20)22(26)27)11-15-4-2-1-3-5-15/h1-9,12-13,19H,10-11,14H2,(H,26,27)/t19-/m0/s1. The Labute approximate surface area is 162 Å². The fourth-order valence-corrected chi connectivity index (χ4v) is 3.44. The molecule has 1 aromatic heterocycles. The molecule has 2 aromatic carbocycles. The van der Waals surface area contributed by atoms with E-state index in [9.17, 15) is 14.3 Å². The molecule has 1 aliphatic heterocycles. The molecule has 0 fully saturated rings. The van der Waals surface area contributed by atoms with Gasteiger partial charge in [0.15, 0.2) is 0 Å². The predicted molar refractivity (Wildman–Crippen MR) is 103 cm³/mol. The first-order valence-corrected chi connectivity index (χ1v) is 9.02. The van der Waals surface area contributed by atoms with Crippen molar-refractivity contribution in [3.05, 3.63) is 89.4 Å². The van der Waals surface area contributed by atoms with Crippen molar-refractivity contribution in [2.75, 3.05) is 11.5 Å². The molecule has 0 bridgehead atoms. The lowest BCUT2D eigenvalue weighted by atomic mass is 10.0. The number of rotatable bonds is 4. The van der Waals surface area contributed by atoms with Gasteiger partial charge in [0.25, 0.3) is 0 Å². The number of carboxylic acid groups (broad SMARTS) is 1. The van der Waals surface area contributed by atoms with Crippen LogP contribution in [0.2, 0.25) is 0 Å². The normalized spacial score (nSPS) is 15.6. The first kappa shape index (κ1) is 18.0. The molecule has 1 amide bonds. The van der Waals surface area contributed by atoms with Gasteiger partial charge in [-0.2, -0.15) is 0 Å². The van der Waals surface area contributed by atoms with Gasteiger partial charge < -0.3 is 9.84 Å². The first-order chi connectivity index (χ1) is 13.6. The van der Waals surface area contributed by atoms with Gasteiger partial charge >= 0.3 is 6.09 Å². The molecule has 1 atom stereocenters. The minimum Gasteiger partial charge on any atom is -0.474 e. The SMILES string of the molecule is O=C(O)N1c2cc(Cc3ccc(F)cc3)cnc2OC[C@@H]1Cc1ccccc1. The van der Waals surface area contributed by atoms with Gasteiger partial charge in [0.2, 0.25) is 5.88 Å². The summed E-state index contributed by atoms with van der Waals surface area (Å²) in [5, 5.41) is 9.85. The van der Waals surface area contributed by atoms with E-state index in [1.807, 2.05) is 30.3 Å². The summed E-state index contributed by atoms with van der Waals surface area (Å²) in [5.41, 5.74) is 3.24. The zero-order valence-electron chi connectivity index (χ0n) is 15.1. The van der Waals surface area contributed by atoms with Crippen molar-refractivity contribution in [1.29, 1.82) is 0 Å². The number of carbonyl (C=O) groups is 1. The zero-order chi connectivity index (χ0) is 19.5. The Bertz CT molecular complexity index is 977. The summed E-state index contributed by atoms with van der Waals surface area (Å²) >= 11 is 0. The smallest absolute Gasteiger partial charge is 0.412 e. The van der Waals surface area contributed by atoms with E-state index < -0.39 is 6.09 Å². The Balaban J connectivity index is 1.62. The van der Waals surface area contributed by atoms with Crippen LogP contribution in [0.25, 0.3) is 0 Å². The summed E-state index contributed by atoms with van der Waals surface area (Å²) in [5.74, 6) is 0.0242. The van der Waals surface area contributed by atoms with E-state index in [2.05, 4.69) is 4.98 Å². The molecule has 0 unspecified atom stereocenters. The van der Waals surface area contributed by atoms with Crippen molar-refractivity contribution < 1.29 is 19.0 Å². The monoisotopic (exact) mass is 378 g/mol. The van der Waals surface area contributed by atoms with Gasteiger partial charge in [-0.1, -0.05) is 42.5 Å².